The highest BCUT2D eigenvalue weighted by Gasteiger charge is 1.98. The van der Waals surface area contributed by atoms with Gasteiger partial charge in [-0.3, -0.25) is 4.98 Å². The number of aromatic nitrogens is 1. The first-order valence-electron chi connectivity index (χ1n) is 6.73. The summed E-state index contributed by atoms with van der Waals surface area (Å²) >= 11 is 0. The Bertz CT molecular complexity index is 493. The minimum atomic E-state index is 0.789. The average molecular weight is 243 g/mol. The second-order valence-electron chi connectivity index (χ2n) is 5.10. The first kappa shape index (κ1) is 12.9. The number of fused-ring (bicyclic) bond motifs is 1. The number of pyridine rings is 1. The molecule has 0 aliphatic heterocycles. The molecule has 0 aliphatic rings. The highest BCUT2D eigenvalue weighted by atomic mass is 16.5. The quantitative estimate of drug-likeness (QED) is 0.700. The van der Waals surface area contributed by atoms with Gasteiger partial charge in [0.15, 0.2) is 0 Å². The summed E-state index contributed by atoms with van der Waals surface area (Å²) < 4.78 is 5.77. The number of unbranched alkanes of at least 4 members (excludes halogenated alkanes) is 1. The summed E-state index contributed by atoms with van der Waals surface area (Å²) in [6, 6.07) is 10.1. The maximum atomic E-state index is 5.77. The second-order valence-corrected chi connectivity index (χ2v) is 5.10. The van der Waals surface area contributed by atoms with E-state index >= 15 is 0 Å². The van der Waals surface area contributed by atoms with Crippen molar-refractivity contribution in [2.75, 3.05) is 6.61 Å². The van der Waals surface area contributed by atoms with Gasteiger partial charge in [-0.05, 0) is 43.0 Å². The standard InChI is InChI=1S/C16H21NO/c1-13(2)6-3-4-11-18-15-8-9-16-14(12-15)7-5-10-17-16/h5,7-10,12-13H,3-4,6,11H2,1-2H3. The molecule has 96 valence electrons. The van der Waals surface area contributed by atoms with E-state index in [0.29, 0.717) is 0 Å². The zero-order valence-electron chi connectivity index (χ0n) is 11.2. The van der Waals surface area contributed by atoms with E-state index in [1.807, 2.05) is 24.4 Å². The van der Waals surface area contributed by atoms with Crippen LogP contribution in [0.3, 0.4) is 0 Å². The van der Waals surface area contributed by atoms with E-state index in [9.17, 15) is 0 Å². The van der Waals surface area contributed by atoms with E-state index in [-0.39, 0.29) is 0 Å². The molecule has 1 aromatic carbocycles. The third kappa shape index (κ3) is 3.73. The SMILES string of the molecule is CC(C)CCCCOc1ccc2ncccc2c1. The fourth-order valence-corrected chi connectivity index (χ4v) is 1.99. The molecule has 2 aromatic rings. The van der Waals surface area contributed by atoms with Gasteiger partial charge in [0.25, 0.3) is 0 Å². The van der Waals surface area contributed by atoms with Crippen LogP contribution in [0.15, 0.2) is 36.5 Å². The third-order valence-electron chi connectivity index (χ3n) is 3.02. The normalized spacial score (nSPS) is 11.1. The number of rotatable bonds is 6. The number of hydrogen-bond acceptors (Lipinski definition) is 2. The lowest BCUT2D eigenvalue weighted by molar-refractivity contribution is 0.302. The molecule has 0 amide bonds. The van der Waals surface area contributed by atoms with Crippen molar-refractivity contribution in [1.82, 2.24) is 4.98 Å². The van der Waals surface area contributed by atoms with Crippen LogP contribution >= 0.6 is 0 Å². The van der Waals surface area contributed by atoms with Crippen LogP contribution in [0, 0.1) is 5.92 Å². The summed E-state index contributed by atoms with van der Waals surface area (Å²) in [4.78, 5) is 4.30. The Balaban J connectivity index is 1.84. The van der Waals surface area contributed by atoms with E-state index in [2.05, 4.69) is 31.0 Å². The Hall–Kier alpha value is -1.57. The molecule has 1 heterocycles. The lowest BCUT2D eigenvalue weighted by Gasteiger charge is -2.08. The molecular formula is C16H21NO. The largest absolute Gasteiger partial charge is 0.494 e. The van der Waals surface area contributed by atoms with E-state index in [4.69, 9.17) is 4.74 Å². The number of hydrogen-bond donors (Lipinski definition) is 0. The lowest BCUT2D eigenvalue weighted by Crippen LogP contribution is -1.98. The van der Waals surface area contributed by atoms with Gasteiger partial charge in [-0.25, -0.2) is 0 Å². The first-order valence-corrected chi connectivity index (χ1v) is 6.73. The van der Waals surface area contributed by atoms with Gasteiger partial charge in [-0.2, -0.15) is 0 Å². The Labute approximate surface area is 109 Å². The Morgan fingerprint density at radius 3 is 2.89 bits per heavy atom. The highest BCUT2D eigenvalue weighted by molar-refractivity contribution is 5.79. The number of ether oxygens (including phenoxy) is 1. The Morgan fingerprint density at radius 2 is 2.06 bits per heavy atom. The average Bonchev–Trinajstić information content (AvgIpc) is 2.38. The Kier molecular flexibility index (Phi) is 4.57. The minimum Gasteiger partial charge on any atom is -0.494 e. The molecule has 2 nitrogen and oxygen atoms in total. The molecule has 0 bridgehead atoms. The van der Waals surface area contributed by atoms with Gasteiger partial charge in [0.1, 0.15) is 5.75 Å². The maximum absolute atomic E-state index is 5.77. The predicted molar refractivity (Wildman–Crippen MR) is 75.9 cm³/mol. The van der Waals surface area contributed by atoms with Crippen LogP contribution < -0.4 is 4.74 Å². The van der Waals surface area contributed by atoms with Crippen LogP contribution in [0.2, 0.25) is 0 Å². The van der Waals surface area contributed by atoms with Gasteiger partial charge in [0.05, 0.1) is 12.1 Å². The number of nitrogens with zero attached hydrogens (tertiary/aromatic N) is 1. The summed E-state index contributed by atoms with van der Waals surface area (Å²) in [7, 11) is 0. The molecule has 0 aliphatic carbocycles. The van der Waals surface area contributed by atoms with Gasteiger partial charge in [0.2, 0.25) is 0 Å². The van der Waals surface area contributed by atoms with Gasteiger partial charge < -0.3 is 4.74 Å². The Morgan fingerprint density at radius 1 is 1.17 bits per heavy atom. The van der Waals surface area contributed by atoms with E-state index in [1.165, 1.54) is 12.8 Å². The maximum Gasteiger partial charge on any atom is 0.120 e. The van der Waals surface area contributed by atoms with Gasteiger partial charge in [-0.1, -0.05) is 26.3 Å². The topological polar surface area (TPSA) is 22.1 Å². The number of benzene rings is 1. The summed E-state index contributed by atoms with van der Waals surface area (Å²) in [5, 5.41) is 1.14. The zero-order chi connectivity index (χ0) is 12.8. The summed E-state index contributed by atoms with van der Waals surface area (Å²) in [5.74, 6) is 1.73. The van der Waals surface area contributed by atoms with Crippen molar-refractivity contribution in [2.45, 2.75) is 33.1 Å². The molecule has 1 aromatic heterocycles. The molecule has 0 saturated carbocycles. The molecule has 0 unspecified atom stereocenters. The molecule has 0 N–H and O–H groups in total. The minimum absolute atomic E-state index is 0.789. The van der Waals surface area contributed by atoms with Crippen LogP contribution in [-0.4, -0.2) is 11.6 Å². The smallest absolute Gasteiger partial charge is 0.120 e. The van der Waals surface area contributed by atoms with Crippen LogP contribution in [0.4, 0.5) is 0 Å². The van der Waals surface area contributed by atoms with Gasteiger partial charge in [-0.15, -0.1) is 0 Å². The van der Waals surface area contributed by atoms with Crippen molar-refractivity contribution in [3.63, 3.8) is 0 Å². The molecular weight excluding hydrogens is 222 g/mol. The molecule has 2 rings (SSSR count). The molecule has 0 radical (unpaired) electrons. The van der Waals surface area contributed by atoms with Crippen LogP contribution in [-0.2, 0) is 0 Å². The van der Waals surface area contributed by atoms with Crippen LogP contribution in [0.5, 0.6) is 5.75 Å². The van der Waals surface area contributed by atoms with Crippen molar-refractivity contribution >= 4 is 10.9 Å². The molecule has 18 heavy (non-hydrogen) atoms. The molecule has 0 spiro atoms. The third-order valence-corrected chi connectivity index (χ3v) is 3.02. The second kappa shape index (κ2) is 6.39. The van der Waals surface area contributed by atoms with Crippen molar-refractivity contribution < 1.29 is 4.74 Å². The zero-order valence-corrected chi connectivity index (χ0v) is 11.2. The van der Waals surface area contributed by atoms with Crippen LogP contribution in [0.25, 0.3) is 10.9 Å². The van der Waals surface area contributed by atoms with Crippen molar-refractivity contribution in [1.29, 1.82) is 0 Å². The van der Waals surface area contributed by atoms with E-state index < -0.39 is 0 Å². The monoisotopic (exact) mass is 243 g/mol. The van der Waals surface area contributed by atoms with Crippen molar-refractivity contribution in [2.24, 2.45) is 5.92 Å². The highest BCUT2D eigenvalue weighted by Crippen LogP contribution is 2.19. The first-order chi connectivity index (χ1) is 8.75. The van der Waals surface area contributed by atoms with Gasteiger partial charge >= 0.3 is 0 Å². The molecule has 0 fully saturated rings. The molecule has 0 atom stereocenters. The van der Waals surface area contributed by atoms with Gasteiger partial charge in [0, 0.05) is 11.6 Å². The summed E-state index contributed by atoms with van der Waals surface area (Å²) in [6.07, 6.45) is 5.47. The lowest BCUT2D eigenvalue weighted by atomic mass is 10.1. The molecule has 0 saturated heterocycles. The van der Waals surface area contributed by atoms with Crippen molar-refractivity contribution in [3.05, 3.63) is 36.5 Å². The summed E-state index contributed by atoms with van der Waals surface area (Å²) in [5.41, 5.74) is 1.02. The van der Waals surface area contributed by atoms with E-state index in [0.717, 1.165) is 35.6 Å². The summed E-state index contributed by atoms with van der Waals surface area (Å²) in [6.45, 7) is 5.33. The van der Waals surface area contributed by atoms with Crippen LogP contribution in [0.1, 0.15) is 33.1 Å². The fraction of sp³-hybridized carbons (Fsp3) is 0.438. The fourth-order valence-electron chi connectivity index (χ4n) is 1.99. The van der Waals surface area contributed by atoms with E-state index in [1.54, 1.807) is 0 Å². The molecule has 2 heteroatoms. The van der Waals surface area contributed by atoms with Crippen molar-refractivity contribution in [3.8, 4) is 5.75 Å². The predicted octanol–water partition coefficient (Wildman–Crippen LogP) is 4.44.